The molecule has 0 aliphatic heterocycles. The molecule has 3 nitrogen and oxygen atoms in total. The van der Waals surface area contributed by atoms with E-state index in [1.165, 1.54) is 12.1 Å². The Morgan fingerprint density at radius 3 is 2.21 bits per heavy atom. The van der Waals surface area contributed by atoms with Gasteiger partial charge in [-0.25, -0.2) is 9.59 Å². The first-order valence-corrected chi connectivity index (χ1v) is 6.51. The quantitative estimate of drug-likeness (QED) is 0.611. The van der Waals surface area contributed by atoms with Crippen LogP contribution >= 0.6 is 27.5 Å². The first-order valence-electron chi connectivity index (χ1n) is 5.34. The highest BCUT2D eigenvalue weighted by Gasteiger charge is 2.15. The molecular formula is C14H8BrClO3. The minimum absolute atomic E-state index is 0.251. The number of hydrogen-bond donors (Lipinski definition) is 0. The molecule has 0 spiro atoms. The summed E-state index contributed by atoms with van der Waals surface area (Å²) in [4.78, 5) is 23.5. The van der Waals surface area contributed by atoms with E-state index in [4.69, 9.17) is 16.3 Å². The van der Waals surface area contributed by atoms with Crippen molar-refractivity contribution in [2.75, 3.05) is 0 Å². The highest BCUT2D eigenvalue weighted by molar-refractivity contribution is 9.10. The van der Waals surface area contributed by atoms with Crippen molar-refractivity contribution in [3.8, 4) is 0 Å². The monoisotopic (exact) mass is 338 g/mol. The summed E-state index contributed by atoms with van der Waals surface area (Å²) in [5, 5.41) is 0.478. The Hall–Kier alpha value is -1.65. The van der Waals surface area contributed by atoms with Crippen LogP contribution in [0.2, 0.25) is 5.02 Å². The number of halogens is 2. The van der Waals surface area contributed by atoms with Gasteiger partial charge in [0.1, 0.15) is 0 Å². The van der Waals surface area contributed by atoms with Gasteiger partial charge in [-0.05, 0) is 46.3 Å². The highest BCUT2D eigenvalue weighted by Crippen LogP contribution is 2.23. The van der Waals surface area contributed by atoms with E-state index in [2.05, 4.69) is 15.9 Å². The van der Waals surface area contributed by atoms with Crippen LogP contribution in [0.3, 0.4) is 0 Å². The maximum absolute atomic E-state index is 11.8. The third kappa shape index (κ3) is 3.43. The van der Waals surface area contributed by atoms with Crippen molar-refractivity contribution in [1.82, 2.24) is 0 Å². The third-order valence-corrected chi connectivity index (χ3v) is 3.56. The molecule has 0 bridgehead atoms. The number of esters is 2. The molecule has 0 heterocycles. The summed E-state index contributed by atoms with van der Waals surface area (Å²) in [7, 11) is 0. The number of hydrogen-bond acceptors (Lipinski definition) is 3. The first kappa shape index (κ1) is 13.8. The average Bonchev–Trinajstić information content (AvgIpc) is 2.42. The molecule has 19 heavy (non-hydrogen) atoms. The zero-order chi connectivity index (χ0) is 13.8. The summed E-state index contributed by atoms with van der Waals surface area (Å²) in [6.07, 6.45) is 0. The van der Waals surface area contributed by atoms with Crippen LogP contribution in [0, 0.1) is 0 Å². The molecule has 0 saturated carbocycles. The van der Waals surface area contributed by atoms with Crippen LogP contribution in [0.25, 0.3) is 0 Å². The Kier molecular flexibility index (Phi) is 4.35. The van der Waals surface area contributed by atoms with Crippen LogP contribution in [-0.2, 0) is 4.74 Å². The maximum Gasteiger partial charge on any atom is 0.346 e. The van der Waals surface area contributed by atoms with Crippen LogP contribution in [0.1, 0.15) is 20.7 Å². The van der Waals surface area contributed by atoms with E-state index in [0.717, 1.165) is 0 Å². The number of benzene rings is 2. The molecule has 2 aromatic carbocycles. The van der Waals surface area contributed by atoms with Gasteiger partial charge in [0.25, 0.3) is 0 Å². The lowest BCUT2D eigenvalue weighted by atomic mass is 10.2. The first-order chi connectivity index (χ1) is 9.08. The lowest BCUT2D eigenvalue weighted by Crippen LogP contribution is -2.12. The van der Waals surface area contributed by atoms with Gasteiger partial charge in [-0.3, -0.25) is 0 Å². The van der Waals surface area contributed by atoms with Crippen LogP contribution in [0.15, 0.2) is 53.0 Å². The fraction of sp³-hybridized carbons (Fsp3) is 0. The summed E-state index contributed by atoms with van der Waals surface area (Å²) in [6, 6.07) is 12.9. The molecule has 0 radical (unpaired) electrons. The van der Waals surface area contributed by atoms with Gasteiger partial charge >= 0.3 is 11.9 Å². The van der Waals surface area contributed by atoms with Gasteiger partial charge in [-0.2, -0.15) is 0 Å². The zero-order valence-corrected chi connectivity index (χ0v) is 11.9. The largest absolute Gasteiger partial charge is 0.386 e. The lowest BCUT2D eigenvalue weighted by molar-refractivity contribution is 0.0398. The molecule has 2 aromatic rings. The van der Waals surface area contributed by atoms with Crippen molar-refractivity contribution >= 4 is 39.5 Å². The second-order valence-corrected chi connectivity index (χ2v) is 4.93. The summed E-state index contributed by atoms with van der Waals surface area (Å²) in [6.45, 7) is 0. The second-order valence-electron chi connectivity index (χ2n) is 3.67. The molecule has 0 N–H and O–H groups in total. The number of carbonyl (C=O) groups is 2. The predicted octanol–water partition coefficient (Wildman–Crippen LogP) is 4.10. The van der Waals surface area contributed by atoms with E-state index < -0.39 is 11.9 Å². The lowest BCUT2D eigenvalue weighted by Gasteiger charge is -2.04. The molecule has 96 valence electrons. The minimum atomic E-state index is -0.716. The SMILES string of the molecule is O=C(OC(=O)c1ccc(Cl)c(Br)c1)c1ccccc1. The molecule has 0 saturated heterocycles. The fourth-order valence-corrected chi connectivity index (χ4v) is 1.90. The van der Waals surface area contributed by atoms with Gasteiger partial charge in [-0.15, -0.1) is 0 Å². The smallest absolute Gasteiger partial charge is 0.346 e. The summed E-state index contributed by atoms with van der Waals surface area (Å²) in [5.74, 6) is -1.40. The van der Waals surface area contributed by atoms with Gasteiger partial charge in [0, 0.05) is 4.47 Å². The van der Waals surface area contributed by atoms with Gasteiger partial charge in [0.05, 0.1) is 16.1 Å². The summed E-state index contributed by atoms with van der Waals surface area (Å²) < 4.78 is 5.34. The topological polar surface area (TPSA) is 43.4 Å². The van der Waals surface area contributed by atoms with E-state index >= 15 is 0 Å². The van der Waals surface area contributed by atoms with Crippen molar-refractivity contribution in [3.63, 3.8) is 0 Å². The molecule has 0 aliphatic carbocycles. The molecule has 0 aromatic heterocycles. The van der Waals surface area contributed by atoms with Crippen molar-refractivity contribution in [2.24, 2.45) is 0 Å². The van der Waals surface area contributed by atoms with Crippen molar-refractivity contribution in [2.45, 2.75) is 0 Å². The summed E-state index contributed by atoms with van der Waals surface area (Å²) >= 11 is 9.02. The normalized spacial score (nSPS) is 10.0. The maximum atomic E-state index is 11.8. The fourth-order valence-electron chi connectivity index (χ4n) is 1.40. The second kappa shape index (κ2) is 5.99. The Labute approximate surface area is 123 Å². The van der Waals surface area contributed by atoms with Crippen LogP contribution < -0.4 is 0 Å². The Morgan fingerprint density at radius 2 is 1.58 bits per heavy atom. The number of rotatable bonds is 2. The van der Waals surface area contributed by atoms with Crippen molar-refractivity contribution in [3.05, 3.63) is 69.2 Å². The number of ether oxygens (including phenoxy) is 1. The van der Waals surface area contributed by atoms with E-state index in [9.17, 15) is 9.59 Å². The van der Waals surface area contributed by atoms with E-state index in [1.54, 1.807) is 36.4 Å². The Morgan fingerprint density at radius 1 is 0.947 bits per heavy atom. The molecular weight excluding hydrogens is 332 g/mol. The standard InChI is InChI=1S/C14H8BrClO3/c15-11-8-10(6-7-12(11)16)14(18)19-13(17)9-4-2-1-3-5-9/h1-8H. The Balaban J connectivity index is 2.13. The Bertz CT molecular complexity index is 626. The molecule has 0 atom stereocenters. The van der Waals surface area contributed by atoms with Crippen LogP contribution in [-0.4, -0.2) is 11.9 Å². The zero-order valence-electron chi connectivity index (χ0n) is 9.60. The average molecular weight is 340 g/mol. The molecule has 0 fully saturated rings. The minimum Gasteiger partial charge on any atom is -0.386 e. The molecule has 0 amide bonds. The molecule has 0 unspecified atom stereocenters. The van der Waals surface area contributed by atoms with E-state index in [0.29, 0.717) is 15.1 Å². The summed E-state index contributed by atoms with van der Waals surface area (Å²) in [5.41, 5.74) is 0.574. The van der Waals surface area contributed by atoms with Crippen molar-refractivity contribution in [1.29, 1.82) is 0 Å². The third-order valence-electron chi connectivity index (χ3n) is 2.35. The molecule has 5 heteroatoms. The van der Waals surface area contributed by atoms with Crippen LogP contribution in [0.5, 0.6) is 0 Å². The van der Waals surface area contributed by atoms with Gasteiger partial charge in [0.2, 0.25) is 0 Å². The van der Waals surface area contributed by atoms with E-state index in [1.807, 2.05) is 0 Å². The molecule has 2 rings (SSSR count). The van der Waals surface area contributed by atoms with Gasteiger partial charge in [0.15, 0.2) is 0 Å². The van der Waals surface area contributed by atoms with Gasteiger partial charge in [-0.1, -0.05) is 29.8 Å². The van der Waals surface area contributed by atoms with Gasteiger partial charge < -0.3 is 4.74 Å². The van der Waals surface area contributed by atoms with Crippen molar-refractivity contribution < 1.29 is 14.3 Å². The van der Waals surface area contributed by atoms with E-state index in [-0.39, 0.29) is 5.56 Å². The number of carbonyl (C=O) groups excluding carboxylic acids is 2. The molecule has 0 aliphatic rings. The predicted molar refractivity (Wildman–Crippen MR) is 75.3 cm³/mol. The van der Waals surface area contributed by atoms with Crippen LogP contribution in [0.4, 0.5) is 0 Å². The highest BCUT2D eigenvalue weighted by atomic mass is 79.9.